The molecule has 1 atom stereocenters. The van der Waals surface area contributed by atoms with E-state index in [4.69, 9.17) is 9.47 Å². The van der Waals surface area contributed by atoms with Gasteiger partial charge in [0.1, 0.15) is 11.5 Å². The van der Waals surface area contributed by atoms with E-state index in [1.54, 1.807) is 43.3 Å². The van der Waals surface area contributed by atoms with Crippen LogP contribution < -0.4 is 9.47 Å². The van der Waals surface area contributed by atoms with Crippen molar-refractivity contribution < 1.29 is 26.3 Å². The van der Waals surface area contributed by atoms with E-state index >= 15 is 0 Å². The summed E-state index contributed by atoms with van der Waals surface area (Å²) in [6, 6.07) is 9.34. The molecule has 3 aliphatic rings. The molecule has 8 nitrogen and oxygen atoms in total. The van der Waals surface area contributed by atoms with Crippen molar-refractivity contribution in [1.82, 2.24) is 8.61 Å². The number of benzene rings is 2. The van der Waals surface area contributed by atoms with Crippen LogP contribution in [-0.4, -0.2) is 64.3 Å². The normalized spacial score (nSPS) is 21.9. The zero-order chi connectivity index (χ0) is 21.8. The highest BCUT2D eigenvalue weighted by atomic mass is 32.2. The largest absolute Gasteiger partial charge is 0.493 e. The highest BCUT2D eigenvalue weighted by Gasteiger charge is 2.38. The Bertz CT molecular complexity index is 1240. The second kappa shape index (κ2) is 7.47. The number of sulfonamides is 2. The van der Waals surface area contributed by atoms with Crippen molar-refractivity contribution in [3.63, 3.8) is 0 Å². The van der Waals surface area contributed by atoms with Crippen molar-refractivity contribution in [2.75, 3.05) is 32.8 Å². The summed E-state index contributed by atoms with van der Waals surface area (Å²) in [5.41, 5.74) is 1.77. The standard InChI is InChI=1S/C21H24N2O6S2/c1-15-14-22(30(24,25)18-2-4-20-16(12-18)6-10-28-20)8-9-23(15)31(26,27)19-3-5-21-17(13-19)7-11-29-21/h2-5,12-13,15H,6-11,14H2,1H3. The quantitative estimate of drug-likeness (QED) is 0.683. The van der Waals surface area contributed by atoms with Crippen molar-refractivity contribution in [3.05, 3.63) is 47.5 Å². The Labute approximate surface area is 182 Å². The average Bonchev–Trinajstić information content (AvgIpc) is 3.41. The lowest BCUT2D eigenvalue weighted by Crippen LogP contribution is -2.55. The predicted octanol–water partition coefficient (Wildman–Crippen LogP) is 1.64. The van der Waals surface area contributed by atoms with Crippen LogP contribution in [0.2, 0.25) is 0 Å². The summed E-state index contributed by atoms with van der Waals surface area (Å²) in [6.07, 6.45) is 1.37. The zero-order valence-corrected chi connectivity index (χ0v) is 18.8. The summed E-state index contributed by atoms with van der Waals surface area (Å²) in [5.74, 6) is 1.45. The van der Waals surface area contributed by atoms with Gasteiger partial charge in [0, 0.05) is 38.5 Å². The predicted molar refractivity (Wildman–Crippen MR) is 113 cm³/mol. The van der Waals surface area contributed by atoms with Crippen LogP contribution in [-0.2, 0) is 32.9 Å². The van der Waals surface area contributed by atoms with Gasteiger partial charge in [0.2, 0.25) is 20.0 Å². The van der Waals surface area contributed by atoms with Crippen LogP contribution in [0, 0.1) is 0 Å². The maximum Gasteiger partial charge on any atom is 0.243 e. The van der Waals surface area contributed by atoms with Crippen LogP contribution in [0.3, 0.4) is 0 Å². The Morgan fingerprint density at radius 2 is 1.35 bits per heavy atom. The molecule has 0 radical (unpaired) electrons. The molecular formula is C21H24N2O6S2. The summed E-state index contributed by atoms with van der Waals surface area (Å²) in [4.78, 5) is 0.442. The number of ether oxygens (including phenoxy) is 2. The SMILES string of the molecule is CC1CN(S(=O)(=O)c2ccc3c(c2)CCO3)CCN1S(=O)(=O)c1ccc2c(c1)CCO2. The first-order chi connectivity index (χ1) is 14.8. The Morgan fingerprint density at radius 3 is 1.90 bits per heavy atom. The van der Waals surface area contributed by atoms with Crippen LogP contribution in [0.25, 0.3) is 0 Å². The topological polar surface area (TPSA) is 93.2 Å². The summed E-state index contributed by atoms with van der Waals surface area (Å²) in [5, 5.41) is 0. The van der Waals surface area contributed by atoms with E-state index in [0.717, 1.165) is 22.6 Å². The maximum atomic E-state index is 13.3. The molecule has 0 aromatic heterocycles. The van der Waals surface area contributed by atoms with Crippen molar-refractivity contribution >= 4 is 20.0 Å². The van der Waals surface area contributed by atoms with E-state index in [1.807, 2.05) is 0 Å². The maximum absolute atomic E-state index is 13.3. The minimum Gasteiger partial charge on any atom is -0.493 e. The third-order valence-corrected chi connectivity index (χ3v) is 9.97. The Kier molecular flexibility index (Phi) is 5.00. The molecule has 1 fully saturated rings. The lowest BCUT2D eigenvalue weighted by molar-refractivity contribution is 0.212. The van der Waals surface area contributed by atoms with Gasteiger partial charge in [-0.3, -0.25) is 0 Å². The fourth-order valence-corrected chi connectivity index (χ4v) is 7.64. The minimum absolute atomic E-state index is 0.100. The second-order valence-corrected chi connectivity index (χ2v) is 11.9. The Balaban J connectivity index is 1.36. The van der Waals surface area contributed by atoms with E-state index in [9.17, 15) is 16.8 Å². The first-order valence-corrected chi connectivity index (χ1v) is 13.2. The molecule has 31 heavy (non-hydrogen) atoms. The molecule has 3 aliphatic heterocycles. The number of nitrogens with zero attached hydrogens (tertiary/aromatic N) is 2. The molecule has 0 spiro atoms. The molecule has 0 saturated carbocycles. The van der Waals surface area contributed by atoms with Crippen molar-refractivity contribution in [2.45, 2.75) is 35.6 Å². The summed E-state index contributed by atoms with van der Waals surface area (Å²) in [6.45, 7) is 3.16. The minimum atomic E-state index is -3.73. The van der Waals surface area contributed by atoms with E-state index in [1.165, 1.54) is 8.61 Å². The molecule has 10 heteroatoms. The summed E-state index contributed by atoms with van der Waals surface area (Å²) < 4.78 is 66.6. The van der Waals surface area contributed by atoms with Crippen molar-refractivity contribution in [3.8, 4) is 11.5 Å². The Hall–Kier alpha value is -2.14. The first kappa shape index (κ1) is 20.7. The summed E-state index contributed by atoms with van der Waals surface area (Å²) >= 11 is 0. The van der Waals surface area contributed by atoms with Gasteiger partial charge >= 0.3 is 0 Å². The molecule has 0 N–H and O–H groups in total. The van der Waals surface area contributed by atoms with Crippen LogP contribution in [0.1, 0.15) is 18.1 Å². The van der Waals surface area contributed by atoms with Gasteiger partial charge < -0.3 is 9.47 Å². The molecule has 3 heterocycles. The lowest BCUT2D eigenvalue weighted by Gasteiger charge is -2.38. The smallest absolute Gasteiger partial charge is 0.243 e. The monoisotopic (exact) mass is 464 g/mol. The number of rotatable bonds is 4. The highest BCUT2D eigenvalue weighted by Crippen LogP contribution is 2.32. The van der Waals surface area contributed by atoms with Crippen molar-refractivity contribution in [1.29, 1.82) is 0 Å². The molecule has 1 unspecified atom stereocenters. The van der Waals surface area contributed by atoms with Crippen LogP contribution in [0.15, 0.2) is 46.2 Å². The molecule has 1 saturated heterocycles. The average molecular weight is 465 g/mol. The molecule has 5 rings (SSSR count). The third-order valence-electron chi connectivity index (χ3n) is 6.10. The van der Waals surface area contributed by atoms with Gasteiger partial charge in [-0.1, -0.05) is 0 Å². The number of fused-ring (bicyclic) bond motifs is 2. The van der Waals surface area contributed by atoms with Gasteiger partial charge in [-0.2, -0.15) is 8.61 Å². The fourth-order valence-electron chi connectivity index (χ4n) is 4.41. The van der Waals surface area contributed by atoms with Gasteiger partial charge in [0.25, 0.3) is 0 Å². The van der Waals surface area contributed by atoms with Crippen LogP contribution >= 0.6 is 0 Å². The van der Waals surface area contributed by atoms with E-state index in [2.05, 4.69) is 0 Å². The number of piperazine rings is 1. The van der Waals surface area contributed by atoms with Gasteiger partial charge in [-0.05, 0) is 54.4 Å². The third kappa shape index (κ3) is 3.51. The first-order valence-electron chi connectivity index (χ1n) is 10.3. The van der Waals surface area contributed by atoms with E-state index in [0.29, 0.717) is 26.1 Å². The number of hydrogen-bond donors (Lipinski definition) is 0. The van der Waals surface area contributed by atoms with Gasteiger partial charge in [-0.25, -0.2) is 16.8 Å². The van der Waals surface area contributed by atoms with Gasteiger partial charge in [0.05, 0.1) is 23.0 Å². The second-order valence-electron chi connectivity index (χ2n) is 8.06. The van der Waals surface area contributed by atoms with Crippen LogP contribution in [0.4, 0.5) is 0 Å². The van der Waals surface area contributed by atoms with Gasteiger partial charge in [-0.15, -0.1) is 0 Å². The molecular weight excluding hydrogens is 440 g/mol. The molecule has 0 bridgehead atoms. The number of hydrogen-bond acceptors (Lipinski definition) is 6. The van der Waals surface area contributed by atoms with Crippen molar-refractivity contribution in [2.24, 2.45) is 0 Å². The molecule has 166 valence electrons. The zero-order valence-electron chi connectivity index (χ0n) is 17.2. The summed E-state index contributed by atoms with van der Waals surface area (Å²) in [7, 11) is -7.45. The lowest BCUT2D eigenvalue weighted by atomic mass is 10.2. The highest BCUT2D eigenvalue weighted by molar-refractivity contribution is 7.89. The molecule has 0 aliphatic carbocycles. The van der Waals surface area contributed by atoms with Gasteiger partial charge in [0.15, 0.2) is 0 Å². The fraction of sp³-hybridized carbons (Fsp3) is 0.429. The van der Waals surface area contributed by atoms with E-state index in [-0.39, 0.29) is 29.4 Å². The molecule has 0 amide bonds. The van der Waals surface area contributed by atoms with Crippen LogP contribution in [0.5, 0.6) is 11.5 Å². The molecule has 2 aromatic carbocycles. The Morgan fingerprint density at radius 1 is 0.806 bits per heavy atom. The van der Waals surface area contributed by atoms with E-state index < -0.39 is 26.1 Å². The molecule has 2 aromatic rings.